The van der Waals surface area contributed by atoms with Gasteiger partial charge in [-0.3, -0.25) is 0 Å². The Hall–Kier alpha value is -2.07. The monoisotopic (exact) mass is 285 g/mol. The molecule has 0 aromatic heterocycles. The van der Waals surface area contributed by atoms with Gasteiger partial charge >= 0.3 is 0 Å². The van der Waals surface area contributed by atoms with E-state index in [0.29, 0.717) is 10.6 Å². The second kappa shape index (κ2) is 4.49. The van der Waals surface area contributed by atoms with Crippen molar-refractivity contribution in [3.05, 3.63) is 58.5 Å². The second-order valence-electron chi connectivity index (χ2n) is 5.07. The third kappa shape index (κ3) is 2.23. The van der Waals surface area contributed by atoms with Gasteiger partial charge in [0.2, 0.25) is 9.84 Å². The van der Waals surface area contributed by atoms with Crippen LogP contribution in [0.3, 0.4) is 0 Å². The molecule has 0 atom stereocenters. The van der Waals surface area contributed by atoms with Crippen LogP contribution >= 0.6 is 0 Å². The molecule has 3 nitrogen and oxygen atoms in total. The Morgan fingerprint density at radius 3 is 2.40 bits per heavy atom. The normalized spacial score (nSPS) is 15.1. The van der Waals surface area contributed by atoms with Gasteiger partial charge in [0.15, 0.2) is 0 Å². The third-order valence-corrected chi connectivity index (χ3v) is 4.78. The quantitative estimate of drug-likeness (QED) is 0.912. The molecule has 0 amide bonds. The van der Waals surface area contributed by atoms with Crippen molar-refractivity contribution in [3.63, 3.8) is 0 Å². The molecular weight excluding hydrogens is 270 g/mol. The Labute approximate surface area is 118 Å². The average Bonchev–Trinajstić information content (AvgIpc) is 2.65. The van der Waals surface area contributed by atoms with Gasteiger partial charge in [0.25, 0.3) is 0 Å². The second-order valence-corrected chi connectivity index (χ2v) is 6.84. The van der Waals surface area contributed by atoms with Gasteiger partial charge in [-0.25, -0.2) is 8.42 Å². The largest absolute Gasteiger partial charge is 0.354 e. The summed E-state index contributed by atoms with van der Waals surface area (Å²) in [6.07, 6.45) is 1.64. The van der Waals surface area contributed by atoms with Crippen LogP contribution < -0.4 is 5.32 Å². The van der Waals surface area contributed by atoms with E-state index in [9.17, 15) is 8.42 Å². The zero-order chi connectivity index (χ0) is 14.3. The summed E-state index contributed by atoms with van der Waals surface area (Å²) in [4.78, 5) is 0.360. The van der Waals surface area contributed by atoms with Crippen LogP contribution in [0.25, 0.3) is 6.08 Å². The number of sulfone groups is 1. The first kappa shape index (κ1) is 12.9. The molecule has 0 saturated heterocycles. The molecular formula is C16H15NO2S. The maximum absolute atomic E-state index is 12.1. The standard InChI is InChI=1S/C16H15NO2S/c1-11-8-12(2)10-14(9-11)17-15-5-3-4-13-6-7-20(18,19)16(13)15/h3-10,17H,1-2H3. The lowest BCUT2D eigenvalue weighted by Crippen LogP contribution is -2.01. The zero-order valence-corrected chi connectivity index (χ0v) is 12.2. The van der Waals surface area contributed by atoms with Crippen LogP contribution in [0, 0.1) is 13.8 Å². The molecule has 102 valence electrons. The molecule has 0 fully saturated rings. The van der Waals surface area contributed by atoms with Gasteiger partial charge in [0.05, 0.1) is 5.69 Å². The van der Waals surface area contributed by atoms with Gasteiger partial charge in [-0.1, -0.05) is 18.2 Å². The lowest BCUT2D eigenvalue weighted by molar-refractivity contribution is 0.606. The van der Waals surface area contributed by atoms with E-state index in [1.54, 1.807) is 12.1 Å². The fraction of sp³-hybridized carbons (Fsp3) is 0.125. The van der Waals surface area contributed by atoms with Gasteiger partial charge in [0.1, 0.15) is 4.90 Å². The summed E-state index contributed by atoms with van der Waals surface area (Å²) >= 11 is 0. The lowest BCUT2D eigenvalue weighted by atomic mass is 10.1. The molecule has 1 aliphatic heterocycles. The summed E-state index contributed by atoms with van der Waals surface area (Å²) in [5, 5.41) is 4.48. The molecule has 4 heteroatoms. The number of hydrogen-bond donors (Lipinski definition) is 1. The topological polar surface area (TPSA) is 46.2 Å². The molecule has 2 aromatic carbocycles. The zero-order valence-electron chi connectivity index (χ0n) is 11.3. The molecule has 2 aromatic rings. The van der Waals surface area contributed by atoms with E-state index in [2.05, 4.69) is 11.4 Å². The van der Waals surface area contributed by atoms with Crippen LogP contribution in [0.4, 0.5) is 11.4 Å². The molecule has 1 heterocycles. The van der Waals surface area contributed by atoms with Gasteiger partial charge in [-0.05, 0) is 54.8 Å². The van der Waals surface area contributed by atoms with E-state index >= 15 is 0 Å². The predicted molar refractivity (Wildman–Crippen MR) is 81.9 cm³/mol. The first-order chi connectivity index (χ1) is 9.45. The number of anilines is 2. The van der Waals surface area contributed by atoms with Gasteiger partial charge in [-0.15, -0.1) is 0 Å². The minimum atomic E-state index is -3.32. The molecule has 0 bridgehead atoms. The summed E-state index contributed by atoms with van der Waals surface area (Å²) in [5.41, 5.74) is 4.54. The molecule has 0 saturated carbocycles. The summed E-state index contributed by atoms with van der Waals surface area (Å²) in [6.45, 7) is 4.04. The molecule has 0 unspecified atom stereocenters. The summed E-state index contributed by atoms with van der Waals surface area (Å²) in [7, 11) is -3.32. The minimum absolute atomic E-state index is 0.360. The van der Waals surface area contributed by atoms with Crippen LogP contribution in [-0.2, 0) is 9.84 Å². The number of aryl methyl sites for hydroxylation is 2. The van der Waals surface area contributed by atoms with Crippen molar-refractivity contribution in [1.82, 2.24) is 0 Å². The smallest absolute Gasteiger partial charge is 0.202 e. The predicted octanol–water partition coefficient (Wildman–Crippen LogP) is 3.81. The Balaban J connectivity index is 2.08. The van der Waals surface area contributed by atoms with E-state index in [4.69, 9.17) is 0 Å². The van der Waals surface area contributed by atoms with Crippen molar-refractivity contribution >= 4 is 27.3 Å². The molecule has 3 rings (SSSR count). The highest BCUT2D eigenvalue weighted by molar-refractivity contribution is 7.95. The van der Waals surface area contributed by atoms with E-state index in [1.165, 1.54) is 5.41 Å². The average molecular weight is 285 g/mol. The van der Waals surface area contributed by atoms with Crippen molar-refractivity contribution in [2.24, 2.45) is 0 Å². The Morgan fingerprint density at radius 1 is 1.00 bits per heavy atom. The third-order valence-electron chi connectivity index (χ3n) is 3.26. The van der Waals surface area contributed by atoms with Crippen molar-refractivity contribution in [3.8, 4) is 0 Å². The van der Waals surface area contributed by atoms with Crippen molar-refractivity contribution in [2.75, 3.05) is 5.32 Å². The highest BCUT2D eigenvalue weighted by atomic mass is 32.2. The highest BCUT2D eigenvalue weighted by Gasteiger charge is 2.24. The van der Waals surface area contributed by atoms with Crippen molar-refractivity contribution in [2.45, 2.75) is 18.7 Å². The van der Waals surface area contributed by atoms with E-state index in [-0.39, 0.29) is 0 Å². The van der Waals surface area contributed by atoms with Crippen LogP contribution in [0.1, 0.15) is 16.7 Å². The number of benzene rings is 2. The van der Waals surface area contributed by atoms with Crippen LogP contribution in [0.15, 0.2) is 46.7 Å². The number of fused-ring (bicyclic) bond motifs is 1. The first-order valence-corrected chi connectivity index (χ1v) is 7.92. The van der Waals surface area contributed by atoms with E-state index in [1.807, 2.05) is 38.1 Å². The highest BCUT2D eigenvalue weighted by Crippen LogP contribution is 2.35. The van der Waals surface area contributed by atoms with Crippen LogP contribution in [0.5, 0.6) is 0 Å². The van der Waals surface area contributed by atoms with E-state index < -0.39 is 9.84 Å². The Morgan fingerprint density at radius 2 is 1.70 bits per heavy atom. The van der Waals surface area contributed by atoms with Gasteiger partial charge < -0.3 is 5.32 Å². The fourth-order valence-corrected chi connectivity index (χ4v) is 3.89. The van der Waals surface area contributed by atoms with Gasteiger partial charge in [0, 0.05) is 11.1 Å². The van der Waals surface area contributed by atoms with Crippen LogP contribution in [-0.4, -0.2) is 8.42 Å². The van der Waals surface area contributed by atoms with Gasteiger partial charge in [-0.2, -0.15) is 0 Å². The summed E-state index contributed by atoms with van der Waals surface area (Å²) < 4.78 is 24.1. The van der Waals surface area contributed by atoms with Crippen molar-refractivity contribution in [1.29, 1.82) is 0 Å². The summed E-state index contributed by atoms with van der Waals surface area (Å²) in [6, 6.07) is 11.5. The number of nitrogens with one attached hydrogen (secondary N) is 1. The molecule has 1 N–H and O–H groups in total. The summed E-state index contributed by atoms with van der Waals surface area (Å²) in [5.74, 6) is 0. The first-order valence-electron chi connectivity index (χ1n) is 6.37. The molecule has 0 spiro atoms. The number of rotatable bonds is 2. The maximum Gasteiger partial charge on any atom is 0.202 e. The Kier molecular flexibility index (Phi) is 2.91. The van der Waals surface area contributed by atoms with E-state index in [0.717, 1.165) is 22.4 Å². The molecule has 20 heavy (non-hydrogen) atoms. The SMILES string of the molecule is Cc1cc(C)cc(Nc2cccc3c2S(=O)(=O)C=C3)c1. The maximum atomic E-state index is 12.1. The molecule has 0 aliphatic carbocycles. The Bertz CT molecular complexity index is 800. The lowest BCUT2D eigenvalue weighted by Gasteiger charge is -2.12. The number of hydrogen-bond acceptors (Lipinski definition) is 3. The van der Waals surface area contributed by atoms with Crippen molar-refractivity contribution < 1.29 is 8.42 Å². The molecule has 1 aliphatic rings. The molecule has 0 radical (unpaired) electrons. The minimum Gasteiger partial charge on any atom is -0.354 e. The van der Waals surface area contributed by atoms with Crippen LogP contribution in [0.2, 0.25) is 0 Å². The fourth-order valence-electron chi connectivity index (χ4n) is 2.54.